The smallest absolute Gasteiger partial charge is 0.337 e. The normalized spacial score (nSPS) is 23.0. The molecule has 1 aliphatic carbocycles. The van der Waals surface area contributed by atoms with Crippen LogP contribution in [0.1, 0.15) is 49.4 Å². The molecule has 2 N–H and O–H groups in total. The fourth-order valence-electron chi connectivity index (χ4n) is 2.65. The Balaban J connectivity index is 1.72. The summed E-state index contributed by atoms with van der Waals surface area (Å²) in [6.45, 7) is 3.25. The summed E-state index contributed by atoms with van der Waals surface area (Å²) >= 11 is 0. The maximum atomic E-state index is 10.7. The van der Waals surface area contributed by atoms with Crippen molar-refractivity contribution in [2.24, 2.45) is 11.8 Å². The van der Waals surface area contributed by atoms with Crippen LogP contribution in [0.15, 0.2) is 18.3 Å². The molecule has 1 aliphatic rings. The minimum Gasteiger partial charge on any atom is -0.478 e. The monoisotopic (exact) mass is 262 g/mol. The quantitative estimate of drug-likeness (QED) is 0.853. The third kappa shape index (κ3) is 4.23. The molecule has 0 spiro atoms. The largest absolute Gasteiger partial charge is 0.478 e. The van der Waals surface area contributed by atoms with Gasteiger partial charge in [0.15, 0.2) is 0 Å². The molecule has 1 saturated carbocycles. The molecule has 19 heavy (non-hydrogen) atoms. The maximum Gasteiger partial charge on any atom is 0.337 e. The second-order valence-corrected chi connectivity index (χ2v) is 5.58. The number of hydrogen-bond donors (Lipinski definition) is 2. The van der Waals surface area contributed by atoms with Gasteiger partial charge in [0.05, 0.1) is 5.56 Å². The average molecular weight is 262 g/mol. The topological polar surface area (TPSA) is 62.2 Å². The lowest BCUT2D eigenvalue weighted by Crippen LogP contribution is -2.16. The third-order valence-electron chi connectivity index (χ3n) is 4.00. The summed E-state index contributed by atoms with van der Waals surface area (Å²) in [6.07, 6.45) is 7.97. The van der Waals surface area contributed by atoms with Crippen molar-refractivity contribution in [2.45, 2.75) is 39.0 Å². The third-order valence-corrected chi connectivity index (χ3v) is 4.00. The Morgan fingerprint density at radius 2 is 2.11 bits per heavy atom. The van der Waals surface area contributed by atoms with E-state index in [9.17, 15) is 4.79 Å². The van der Waals surface area contributed by atoms with Gasteiger partial charge in [0.2, 0.25) is 0 Å². The van der Waals surface area contributed by atoms with Gasteiger partial charge in [-0.15, -0.1) is 0 Å². The number of carboxylic acid groups (broad SMARTS) is 1. The van der Waals surface area contributed by atoms with E-state index in [2.05, 4.69) is 17.2 Å². The molecular formula is C15H22N2O2. The number of carboxylic acids is 1. The van der Waals surface area contributed by atoms with Crippen molar-refractivity contribution in [3.8, 4) is 0 Å². The van der Waals surface area contributed by atoms with Crippen molar-refractivity contribution < 1.29 is 9.90 Å². The van der Waals surface area contributed by atoms with Crippen LogP contribution in [0, 0.1) is 11.8 Å². The SMILES string of the molecule is CC1CCC(CCNc2ccc(C(=O)O)cn2)CC1. The first-order chi connectivity index (χ1) is 9.15. The van der Waals surface area contributed by atoms with E-state index in [1.807, 2.05) is 0 Å². The van der Waals surface area contributed by atoms with Gasteiger partial charge >= 0.3 is 5.97 Å². The fourth-order valence-corrected chi connectivity index (χ4v) is 2.65. The molecule has 0 saturated heterocycles. The van der Waals surface area contributed by atoms with Gasteiger partial charge in [-0.1, -0.05) is 32.6 Å². The maximum absolute atomic E-state index is 10.7. The Kier molecular flexibility index (Phi) is 4.77. The number of carbonyl (C=O) groups is 1. The predicted molar refractivity (Wildman–Crippen MR) is 75.4 cm³/mol. The summed E-state index contributed by atoms with van der Waals surface area (Å²) in [5.74, 6) is 1.56. The molecular weight excluding hydrogens is 240 g/mol. The van der Waals surface area contributed by atoms with E-state index in [0.717, 1.165) is 24.2 Å². The number of nitrogens with one attached hydrogen (secondary N) is 1. The average Bonchev–Trinajstić information content (AvgIpc) is 2.41. The molecule has 0 unspecified atom stereocenters. The van der Waals surface area contributed by atoms with Crippen molar-refractivity contribution >= 4 is 11.8 Å². The van der Waals surface area contributed by atoms with Crippen molar-refractivity contribution in [1.29, 1.82) is 0 Å². The van der Waals surface area contributed by atoms with Crippen LogP contribution in [0.4, 0.5) is 5.82 Å². The number of pyridine rings is 1. The molecule has 1 aromatic rings. The predicted octanol–water partition coefficient (Wildman–Crippen LogP) is 3.41. The molecule has 0 bridgehead atoms. The summed E-state index contributed by atoms with van der Waals surface area (Å²) in [4.78, 5) is 14.8. The highest BCUT2D eigenvalue weighted by molar-refractivity contribution is 5.87. The van der Waals surface area contributed by atoms with Crippen LogP contribution in [-0.2, 0) is 0 Å². The van der Waals surface area contributed by atoms with E-state index in [1.165, 1.54) is 38.3 Å². The van der Waals surface area contributed by atoms with Crippen molar-refractivity contribution in [3.05, 3.63) is 23.9 Å². The van der Waals surface area contributed by atoms with Gasteiger partial charge in [-0.2, -0.15) is 0 Å². The zero-order valence-electron chi connectivity index (χ0n) is 11.4. The van der Waals surface area contributed by atoms with Crippen LogP contribution in [0.25, 0.3) is 0 Å². The Bertz CT molecular complexity index is 409. The number of hydrogen-bond acceptors (Lipinski definition) is 3. The van der Waals surface area contributed by atoms with E-state index in [0.29, 0.717) is 0 Å². The minimum atomic E-state index is -0.935. The first kappa shape index (κ1) is 13.8. The van der Waals surface area contributed by atoms with Gasteiger partial charge in [-0.25, -0.2) is 9.78 Å². The van der Waals surface area contributed by atoms with Gasteiger partial charge in [-0.3, -0.25) is 0 Å². The van der Waals surface area contributed by atoms with E-state index in [1.54, 1.807) is 12.1 Å². The molecule has 0 radical (unpaired) electrons. The second-order valence-electron chi connectivity index (χ2n) is 5.58. The first-order valence-electron chi connectivity index (χ1n) is 7.08. The molecule has 4 nitrogen and oxygen atoms in total. The van der Waals surface area contributed by atoms with Gasteiger partial charge in [0, 0.05) is 12.7 Å². The number of aromatic carboxylic acids is 1. The number of nitrogens with zero attached hydrogens (tertiary/aromatic N) is 1. The molecule has 0 amide bonds. The zero-order chi connectivity index (χ0) is 13.7. The van der Waals surface area contributed by atoms with Crippen molar-refractivity contribution in [3.63, 3.8) is 0 Å². The van der Waals surface area contributed by atoms with Crippen LogP contribution in [0.5, 0.6) is 0 Å². The summed E-state index contributed by atoms with van der Waals surface area (Å²) in [6, 6.07) is 3.31. The molecule has 1 aromatic heterocycles. The van der Waals surface area contributed by atoms with E-state index < -0.39 is 5.97 Å². The van der Waals surface area contributed by atoms with Gasteiger partial charge < -0.3 is 10.4 Å². The summed E-state index contributed by atoms with van der Waals surface area (Å²) in [5, 5.41) is 12.0. The molecule has 104 valence electrons. The lowest BCUT2D eigenvalue weighted by atomic mass is 9.81. The molecule has 1 fully saturated rings. The highest BCUT2D eigenvalue weighted by Gasteiger charge is 2.17. The number of anilines is 1. The van der Waals surface area contributed by atoms with Crippen LogP contribution < -0.4 is 5.32 Å². The lowest BCUT2D eigenvalue weighted by Gasteiger charge is -2.26. The van der Waals surface area contributed by atoms with Gasteiger partial charge in [0.1, 0.15) is 5.82 Å². The molecule has 1 heterocycles. The summed E-state index contributed by atoms with van der Waals surface area (Å²) in [7, 11) is 0. The first-order valence-corrected chi connectivity index (χ1v) is 7.08. The second kappa shape index (κ2) is 6.55. The lowest BCUT2D eigenvalue weighted by molar-refractivity contribution is 0.0696. The molecule has 4 heteroatoms. The summed E-state index contributed by atoms with van der Waals surface area (Å²) in [5.41, 5.74) is 0.229. The molecule has 0 aromatic carbocycles. The molecule has 2 rings (SSSR count). The van der Waals surface area contributed by atoms with Crippen LogP contribution in [0.2, 0.25) is 0 Å². The van der Waals surface area contributed by atoms with Crippen LogP contribution >= 0.6 is 0 Å². The number of aromatic nitrogens is 1. The Morgan fingerprint density at radius 1 is 1.37 bits per heavy atom. The van der Waals surface area contributed by atoms with Gasteiger partial charge in [-0.05, 0) is 30.4 Å². The molecule has 0 aliphatic heterocycles. The Hall–Kier alpha value is -1.58. The standard InChI is InChI=1S/C15H22N2O2/c1-11-2-4-12(5-3-11)8-9-16-14-7-6-13(10-17-14)15(18)19/h6-7,10-12H,2-5,8-9H2,1H3,(H,16,17)(H,18,19). The van der Waals surface area contributed by atoms with Crippen molar-refractivity contribution in [1.82, 2.24) is 4.98 Å². The van der Waals surface area contributed by atoms with E-state index in [4.69, 9.17) is 5.11 Å². The highest BCUT2D eigenvalue weighted by Crippen LogP contribution is 2.30. The zero-order valence-corrected chi connectivity index (χ0v) is 11.4. The minimum absolute atomic E-state index is 0.229. The van der Waals surface area contributed by atoms with Crippen molar-refractivity contribution in [2.75, 3.05) is 11.9 Å². The van der Waals surface area contributed by atoms with E-state index >= 15 is 0 Å². The van der Waals surface area contributed by atoms with Gasteiger partial charge in [0.25, 0.3) is 0 Å². The van der Waals surface area contributed by atoms with E-state index in [-0.39, 0.29) is 5.56 Å². The fraction of sp³-hybridized carbons (Fsp3) is 0.600. The van der Waals surface area contributed by atoms with Crippen LogP contribution in [-0.4, -0.2) is 22.6 Å². The highest BCUT2D eigenvalue weighted by atomic mass is 16.4. The Morgan fingerprint density at radius 3 is 2.68 bits per heavy atom. The molecule has 0 atom stereocenters. The number of rotatable bonds is 5. The Labute approximate surface area is 114 Å². The summed E-state index contributed by atoms with van der Waals surface area (Å²) < 4.78 is 0. The van der Waals surface area contributed by atoms with Crippen LogP contribution in [0.3, 0.4) is 0 Å².